The van der Waals surface area contributed by atoms with Gasteiger partial charge < -0.3 is 16.4 Å². The predicted molar refractivity (Wildman–Crippen MR) is 137 cm³/mol. The van der Waals surface area contributed by atoms with Gasteiger partial charge in [-0.1, -0.05) is 44.2 Å². The van der Waals surface area contributed by atoms with Crippen molar-refractivity contribution < 1.29 is 18.8 Å². The van der Waals surface area contributed by atoms with Crippen molar-refractivity contribution in [1.29, 1.82) is 0 Å². The van der Waals surface area contributed by atoms with Gasteiger partial charge in [0, 0.05) is 17.7 Å². The summed E-state index contributed by atoms with van der Waals surface area (Å²) < 4.78 is 13.5. The van der Waals surface area contributed by atoms with Gasteiger partial charge in [0.05, 0.1) is 23.8 Å². The van der Waals surface area contributed by atoms with Crippen LogP contribution in [0.4, 0.5) is 15.8 Å². The molecule has 7 nitrogen and oxygen atoms in total. The largest absolute Gasteiger partial charge is 0.351 e. The van der Waals surface area contributed by atoms with Crippen molar-refractivity contribution in [2.24, 2.45) is 11.1 Å². The summed E-state index contributed by atoms with van der Waals surface area (Å²) in [6.07, 6.45) is 0.0118. The Labute approximate surface area is 209 Å². The topological polar surface area (TPSA) is 105 Å². The highest BCUT2D eigenvalue weighted by atomic mass is 19.1. The highest BCUT2D eigenvalue weighted by Gasteiger charge is 2.34. The lowest BCUT2D eigenvalue weighted by atomic mass is 9.94. The van der Waals surface area contributed by atoms with Gasteiger partial charge in [-0.05, 0) is 60.0 Å². The second kappa shape index (κ2) is 10.3. The second-order valence-electron chi connectivity index (χ2n) is 9.64. The van der Waals surface area contributed by atoms with E-state index in [9.17, 15) is 18.8 Å². The van der Waals surface area contributed by atoms with Gasteiger partial charge in [0.15, 0.2) is 0 Å². The van der Waals surface area contributed by atoms with Gasteiger partial charge in [-0.2, -0.15) is 0 Å². The van der Waals surface area contributed by atoms with Crippen LogP contribution in [-0.2, 0) is 4.79 Å². The van der Waals surface area contributed by atoms with Crippen LogP contribution in [0.2, 0.25) is 0 Å². The van der Waals surface area contributed by atoms with Gasteiger partial charge in [0.2, 0.25) is 5.91 Å². The van der Waals surface area contributed by atoms with Crippen molar-refractivity contribution in [3.05, 3.63) is 95.3 Å². The molecule has 1 atom stereocenters. The molecule has 8 heteroatoms. The van der Waals surface area contributed by atoms with Crippen LogP contribution in [0, 0.1) is 11.2 Å². The molecule has 3 aromatic rings. The third kappa shape index (κ3) is 5.44. The monoisotopic (exact) mass is 488 g/mol. The van der Waals surface area contributed by atoms with E-state index in [0.717, 1.165) is 5.56 Å². The molecule has 186 valence electrons. The number of halogens is 1. The predicted octanol–water partition coefficient (Wildman–Crippen LogP) is 4.27. The lowest BCUT2D eigenvalue weighted by Crippen LogP contribution is -2.38. The molecule has 0 radical (unpaired) electrons. The van der Waals surface area contributed by atoms with Gasteiger partial charge in [-0.15, -0.1) is 0 Å². The van der Waals surface area contributed by atoms with Crippen LogP contribution in [0.1, 0.15) is 52.6 Å². The number of hydrogen-bond donors (Lipinski definition) is 3. The van der Waals surface area contributed by atoms with E-state index >= 15 is 0 Å². The van der Waals surface area contributed by atoms with Crippen LogP contribution in [0.15, 0.2) is 72.8 Å². The number of nitrogens with two attached hydrogens (primary N) is 1. The number of amides is 3. The maximum Gasteiger partial charge on any atom is 0.258 e. The van der Waals surface area contributed by atoms with Gasteiger partial charge in [0.1, 0.15) is 5.82 Å². The molecule has 1 aliphatic heterocycles. The van der Waals surface area contributed by atoms with Crippen LogP contribution in [0.3, 0.4) is 0 Å². The molecule has 0 aliphatic carbocycles. The molecule has 3 amide bonds. The van der Waals surface area contributed by atoms with E-state index in [2.05, 4.69) is 10.6 Å². The SMILES string of the molecule is CC(C)(CN)CNC(=O)c1ccc2c(c1)NC(=O)CC(c1ccccc1)N2C(=O)c1ccc(F)cc1. The minimum Gasteiger partial charge on any atom is -0.351 e. The lowest BCUT2D eigenvalue weighted by molar-refractivity contribution is -0.116. The van der Waals surface area contributed by atoms with Crippen molar-refractivity contribution in [3.8, 4) is 0 Å². The van der Waals surface area contributed by atoms with Gasteiger partial charge in [-0.3, -0.25) is 19.3 Å². The first-order valence-corrected chi connectivity index (χ1v) is 11.7. The van der Waals surface area contributed by atoms with E-state index in [1.165, 1.54) is 29.2 Å². The summed E-state index contributed by atoms with van der Waals surface area (Å²) in [4.78, 5) is 41.1. The highest BCUT2D eigenvalue weighted by Crippen LogP contribution is 2.39. The van der Waals surface area contributed by atoms with Crippen molar-refractivity contribution >= 4 is 29.1 Å². The van der Waals surface area contributed by atoms with Gasteiger partial charge in [-0.25, -0.2) is 4.39 Å². The fraction of sp³-hybridized carbons (Fsp3) is 0.250. The lowest BCUT2D eigenvalue weighted by Gasteiger charge is -2.31. The molecule has 0 saturated carbocycles. The Kier molecular flexibility index (Phi) is 7.17. The number of nitrogens with zero attached hydrogens (tertiary/aromatic N) is 1. The number of carbonyl (C=O) groups is 3. The number of anilines is 2. The molecule has 4 N–H and O–H groups in total. The average Bonchev–Trinajstić information content (AvgIpc) is 3.03. The summed E-state index contributed by atoms with van der Waals surface area (Å²) in [6.45, 7) is 4.70. The van der Waals surface area contributed by atoms with Crippen molar-refractivity contribution in [1.82, 2.24) is 5.32 Å². The Morgan fingerprint density at radius 2 is 1.72 bits per heavy atom. The molecule has 0 spiro atoms. The number of benzene rings is 3. The third-order valence-corrected chi connectivity index (χ3v) is 6.26. The summed E-state index contributed by atoms with van der Waals surface area (Å²) in [5.74, 6) is -1.44. The number of carbonyl (C=O) groups excluding carboxylic acids is 3. The fourth-order valence-electron chi connectivity index (χ4n) is 4.04. The summed E-state index contributed by atoms with van der Waals surface area (Å²) in [6, 6.07) is 18.8. The fourth-order valence-corrected chi connectivity index (χ4v) is 4.04. The molecule has 0 saturated heterocycles. The van der Waals surface area contributed by atoms with Gasteiger partial charge in [0.25, 0.3) is 11.8 Å². The summed E-state index contributed by atoms with van der Waals surface area (Å²) in [5.41, 5.74) is 7.69. The zero-order valence-corrected chi connectivity index (χ0v) is 20.3. The smallest absolute Gasteiger partial charge is 0.258 e. The third-order valence-electron chi connectivity index (χ3n) is 6.26. The minimum atomic E-state index is -0.602. The number of fused-ring (bicyclic) bond motifs is 1. The maximum absolute atomic E-state index is 13.8. The minimum absolute atomic E-state index is 0.0118. The Morgan fingerprint density at radius 3 is 2.39 bits per heavy atom. The first-order valence-electron chi connectivity index (χ1n) is 11.7. The molecule has 0 bridgehead atoms. The first-order chi connectivity index (χ1) is 17.2. The summed E-state index contributed by atoms with van der Waals surface area (Å²) >= 11 is 0. The quantitative estimate of drug-likeness (QED) is 0.482. The Balaban J connectivity index is 1.76. The molecular formula is C28H29FN4O3. The zero-order valence-electron chi connectivity index (χ0n) is 20.3. The summed E-state index contributed by atoms with van der Waals surface area (Å²) in [7, 11) is 0. The first kappa shape index (κ1) is 25.1. The summed E-state index contributed by atoms with van der Waals surface area (Å²) in [5, 5.41) is 5.73. The number of nitrogens with one attached hydrogen (secondary N) is 2. The van der Waals surface area contributed by atoms with E-state index in [1.54, 1.807) is 18.2 Å². The van der Waals surface area contributed by atoms with E-state index in [1.807, 2.05) is 44.2 Å². The molecule has 3 aromatic carbocycles. The molecule has 0 fully saturated rings. The van der Waals surface area contributed by atoms with Crippen molar-refractivity contribution in [2.45, 2.75) is 26.3 Å². The molecule has 4 rings (SSSR count). The Hall–Kier alpha value is -4.04. The zero-order chi connectivity index (χ0) is 25.9. The second-order valence-corrected chi connectivity index (χ2v) is 9.64. The number of rotatable bonds is 6. The standard InChI is InChI=1S/C28H29FN4O3/c1-28(2,16-30)17-31-26(35)20-10-13-23-22(14-20)32-25(34)15-24(18-6-4-3-5-7-18)33(23)27(36)19-8-11-21(29)12-9-19/h3-14,24H,15-17,30H2,1-2H3,(H,31,35)(H,32,34). The highest BCUT2D eigenvalue weighted by molar-refractivity contribution is 6.12. The van der Waals surface area contributed by atoms with E-state index < -0.39 is 11.9 Å². The molecule has 1 heterocycles. The van der Waals surface area contributed by atoms with Crippen LogP contribution >= 0.6 is 0 Å². The van der Waals surface area contributed by atoms with E-state index in [-0.39, 0.29) is 35.1 Å². The Bertz CT molecular complexity index is 1280. The molecule has 36 heavy (non-hydrogen) atoms. The van der Waals surface area contributed by atoms with Crippen LogP contribution in [0.25, 0.3) is 0 Å². The maximum atomic E-state index is 13.8. The normalized spacial score (nSPS) is 15.5. The van der Waals surface area contributed by atoms with Crippen LogP contribution in [-0.4, -0.2) is 30.8 Å². The molecule has 1 aliphatic rings. The van der Waals surface area contributed by atoms with Gasteiger partial charge >= 0.3 is 0 Å². The Morgan fingerprint density at radius 1 is 1.06 bits per heavy atom. The number of hydrogen-bond acceptors (Lipinski definition) is 4. The van der Waals surface area contributed by atoms with E-state index in [4.69, 9.17) is 5.73 Å². The molecular weight excluding hydrogens is 459 g/mol. The molecule has 1 unspecified atom stereocenters. The van der Waals surface area contributed by atoms with Crippen molar-refractivity contribution in [2.75, 3.05) is 23.3 Å². The van der Waals surface area contributed by atoms with E-state index in [0.29, 0.717) is 30.0 Å². The molecule has 0 aromatic heterocycles. The van der Waals surface area contributed by atoms with Crippen LogP contribution in [0.5, 0.6) is 0 Å². The van der Waals surface area contributed by atoms with Crippen LogP contribution < -0.4 is 21.3 Å². The average molecular weight is 489 g/mol. The van der Waals surface area contributed by atoms with Crippen molar-refractivity contribution in [3.63, 3.8) is 0 Å².